The summed E-state index contributed by atoms with van der Waals surface area (Å²) >= 11 is 0. The van der Waals surface area contributed by atoms with Crippen LogP contribution >= 0.6 is 0 Å². The summed E-state index contributed by atoms with van der Waals surface area (Å²) < 4.78 is 52.3. The van der Waals surface area contributed by atoms with Crippen LogP contribution in [0.2, 0.25) is 0 Å². The predicted molar refractivity (Wildman–Crippen MR) is 93.7 cm³/mol. The second-order valence-corrected chi connectivity index (χ2v) is 9.21. The van der Waals surface area contributed by atoms with E-state index in [4.69, 9.17) is 0 Å². The topological polar surface area (TPSA) is 91.0 Å². The first-order valence-corrected chi connectivity index (χ1v) is 10.2. The van der Waals surface area contributed by atoms with Gasteiger partial charge < -0.3 is 9.88 Å². The van der Waals surface area contributed by atoms with Crippen molar-refractivity contribution in [3.8, 4) is 0 Å². The van der Waals surface area contributed by atoms with Crippen LogP contribution in [0.5, 0.6) is 0 Å². The van der Waals surface area contributed by atoms with Crippen LogP contribution in [-0.2, 0) is 10.0 Å². The number of aromatic nitrogens is 3. The number of hydrogen-bond acceptors (Lipinski definition) is 5. The summed E-state index contributed by atoms with van der Waals surface area (Å²) in [5, 5.41) is 0.242. The highest BCUT2D eigenvalue weighted by Crippen LogP contribution is 2.38. The van der Waals surface area contributed by atoms with E-state index in [0.717, 1.165) is 16.9 Å². The Morgan fingerprint density at radius 3 is 2.69 bits per heavy atom. The molecule has 0 atom stereocenters. The van der Waals surface area contributed by atoms with Crippen LogP contribution in [0.3, 0.4) is 0 Å². The average molecular weight is 385 g/mol. The first-order chi connectivity index (χ1) is 12.3. The third kappa shape index (κ3) is 3.05. The molecular formula is C16H21F2N5O2S. The van der Waals surface area contributed by atoms with Crippen LogP contribution < -0.4 is 9.62 Å². The van der Waals surface area contributed by atoms with Gasteiger partial charge in [0.05, 0.1) is 10.6 Å². The molecule has 142 valence electrons. The summed E-state index contributed by atoms with van der Waals surface area (Å²) in [6, 6.07) is 1.93. The van der Waals surface area contributed by atoms with Crippen molar-refractivity contribution in [2.24, 2.45) is 5.92 Å². The fraction of sp³-hybridized carbons (Fsp3) is 0.625. The molecule has 2 fully saturated rings. The van der Waals surface area contributed by atoms with Crippen LogP contribution in [0.4, 0.5) is 14.6 Å². The SMILES string of the molecule is CN(c1ncnc2[nH]ccc12)[C@H]1C[C@@H](NS(=O)(=O)C2CC(C(F)F)C2)C1. The molecule has 2 aromatic rings. The lowest BCUT2D eigenvalue weighted by atomic mass is 9.85. The standard InChI is InChI=1S/C16H21F2N5O2S/c1-23(16-13-2-3-19-15(13)20-8-21-16)11-6-10(7-11)22-26(24,25)12-4-9(5-12)14(17)18/h2-3,8-12,14,22H,4-7H2,1H3,(H,19,20,21)/t9?,10-,11+,12?. The molecule has 0 aromatic carbocycles. The lowest BCUT2D eigenvalue weighted by molar-refractivity contribution is 0.0361. The summed E-state index contributed by atoms with van der Waals surface area (Å²) in [6.07, 6.45) is 2.30. The fourth-order valence-electron chi connectivity index (χ4n) is 3.71. The number of anilines is 1. The number of hydrogen-bond donors (Lipinski definition) is 2. The molecule has 2 saturated carbocycles. The molecule has 0 radical (unpaired) electrons. The smallest absolute Gasteiger partial charge is 0.241 e. The van der Waals surface area contributed by atoms with E-state index in [9.17, 15) is 17.2 Å². The van der Waals surface area contributed by atoms with Crippen molar-refractivity contribution in [1.82, 2.24) is 19.7 Å². The quantitative estimate of drug-likeness (QED) is 0.792. The zero-order chi connectivity index (χ0) is 18.5. The van der Waals surface area contributed by atoms with Gasteiger partial charge in [-0.2, -0.15) is 0 Å². The first-order valence-electron chi connectivity index (χ1n) is 8.65. The molecule has 7 nitrogen and oxygen atoms in total. The minimum Gasteiger partial charge on any atom is -0.356 e. The van der Waals surface area contributed by atoms with Crippen molar-refractivity contribution in [3.63, 3.8) is 0 Å². The van der Waals surface area contributed by atoms with Crippen molar-refractivity contribution in [3.05, 3.63) is 18.6 Å². The monoisotopic (exact) mass is 385 g/mol. The molecule has 2 aliphatic carbocycles. The number of alkyl halides is 2. The van der Waals surface area contributed by atoms with Gasteiger partial charge in [0, 0.05) is 31.2 Å². The van der Waals surface area contributed by atoms with Crippen molar-refractivity contribution < 1.29 is 17.2 Å². The molecule has 0 aliphatic heterocycles. The van der Waals surface area contributed by atoms with Crippen molar-refractivity contribution >= 4 is 26.9 Å². The molecule has 2 aliphatic rings. The maximum Gasteiger partial charge on any atom is 0.241 e. The van der Waals surface area contributed by atoms with Crippen LogP contribution in [-0.4, -0.2) is 54.2 Å². The van der Waals surface area contributed by atoms with E-state index in [2.05, 4.69) is 19.7 Å². The molecule has 4 rings (SSSR count). The number of aromatic amines is 1. The van der Waals surface area contributed by atoms with E-state index in [1.165, 1.54) is 6.33 Å². The predicted octanol–water partition coefficient (Wildman–Crippen LogP) is 1.89. The van der Waals surface area contributed by atoms with Crippen LogP contribution in [0.15, 0.2) is 18.6 Å². The van der Waals surface area contributed by atoms with Gasteiger partial charge >= 0.3 is 0 Å². The lowest BCUT2D eigenvalue weighted by Gasteiger charge is -2.43. The van der Waals surface area contributed by atoms with Gasteiger partial charge in [-0.1, -0.05) is 0 Å². The molecule has 2 heterocycles. The Balaban J connectivity index is 1.33. The number of rotatable bonds is 6. The highest BCUT2D eigenvalue weighted by molar-refractivity contribution is 7.90. The summed E-state index contributed by atoms with van der Waals surface area (Å²) in [5.74, 6) is 0.0275. The molecule has 26 heavy (non-hydrogen) atoms. The molecule has 2 aromatic heterocycles. The molecule has 0 unspecified atom stereocenters. The summed E-state index contributed by atoms with van der Waals surface area (Å²) in [6.45, 7) is 0. The van der Waals surface area contributed by atoms with Gasteiger partial charge in [-0.05, 0) is 31.7 Å². The van der Waals surface area contributed by atoms with Gasteiger partial charge in [-0.25, -0.2) is 31.9 Å². The molecule has 0 bridgehead atoms. The van der Waals surface area contributed by atoms with E-state index >= 15 is 0 Å². The van der Waals surface area contributed by atoms with E-state index in [-0.39, 0.29) is 24.9 Å². The van der Waals surface area contributed by atoms with E-state index < -0.39 is 27.6 Å². The van der Waals surface area contributed by atoms with Crippen LogP contribution in [0.25, 0.3) is 11.0 Å². The van der Waals surface area contributed by atoms with Crippen molar-refractivity contribution in [2.45, 2.75) is 49.4 Å². The highest BCUT2D eigenvalue weighted by Gasteiger charge is 2.45. The van der Waals surface area contributed by atoms with Crippen molar-refractivity contribution in [2.75, 3.05) is 11.9 Å². The fourth-order valence-corrected chi connectivity index (χ4v) is 5.56. The lowest BCUT2D eigenvalue weighted by Crippen LogP contribution is -2.56. The minimum absolute atomic E-state index is 0.0510. The Morgan fingerprint density at radius 1 is 1.27 bits per heavy atom. The Kier molecular flexibility index (Phi) is 4.34. The number of nitrogens with one attached hydrogen (secondary N) is 2. The summed E-state index contributed by atoms with van der Waals surface area (Å²) in [4.78, 5) is 13.6. The Hall–Kier alpha value is -1.81. The van der Waals surface area contributed by atoms with Gasteiger partial charge in [0.2, 0.25) is 16.4 Å². The largest absolute Gasteiger partial charge is 0.356 e. The van der Waals surface area contributed by atoms with Gasteiger partial charge in [0.25, 0.3) is 0 Å². The second-order valence-electron chi connectivity index (χ2n) is 7.22. The third-order valence-electron chi connectivity index (χ3n) is 5.59. The van der Waals surface area contributed by atoms with Gasteiger partial charge in [0.15, 0.2) is 0 Å². The second kappa shape index (κ2) is 6.41. The zero-order valence-corrected chi connectivity index (χ0v) is 15.1. The van der Waals surface area contributed by atoms with Gasteiger partial charge in [-0.3, -0.25) is 0 Å². The van der Waals surface area contributed by atoms with E-state index in [0.29, 0.717) is 12.8 Å². The van der Waals surface area contributed by atoms with E-state index in [1.807, 2.05) is 18.0 Å². The molecule has 10 heteroatoms. The number of H-pyrrole nitrogens is 1. The maximum absolute atomic E-state index is 12.5. The Bertz CT molecular complexity index is 891. The highest BCUT2D eigenvalue weighted by atomic mass is 32.2. The molecule has 0 amide bonds. The molecular weight excluding hydrogens is 364 g/mol. The number of halogens is 2. The first kappa shape index (κ1) is 17.6. The normalized spacial score (nSPS) is 28.8. The minimum atomic E-state index is -3.52. The maximum atomic E-state index is 12.5. The number of nitrogens with zero attached hydrogens (tertiary/aromatic N) is 3. The van der Waals surface area contributed by atoms with Crippen LogP contribution in [0.1, 0.15) is 25.7 Å². The summed E-state index contributed by atoms with van der Waals surface area (Å²) in [5.41, 5.74) is 0.761. The third-order valence-corrected chi connectivity index (χ3v) is 7.51. The Labute approximate surface area is 150 Å². The van der Waals surface area contributed by atoms with Crippen molar-refractivity contribution in [1.29, 1.82) is 0 Å². The number of fused-ring (bicyclic) bond motifs is 1. The van der Waals surface area contributed by atoms with Gasteiger partial charge in [-0.15, -0.1) is 0 Å². The summed E-state index contributed by atoms with van der Waals surface area (Å²) in [7, 11) is -1.59. The van der Waals surface area contributed by atoms with Crippen LogP contribution in [0, 0.1) is 5.92 Å². The zero-order valence-electron chi connectivity index (χ0n) is 14.3. The average Bonchev–Trinajstić information content (AvgIpc) is 2.96. The van der Waals surface area contributed by atoms with E-state index in [1.54, 1.807) is 6.20 Å². The molecule has 0 spiro atoms. The Morgan fingerprint density at radius 2 is 2.00 bits per heavy atom. The molecule has 2 N–H and O–H groups in total. The number of sulfonamides is 1. The molecule has 0 saturated heterocycles. The van der Waals surface area contributed by atoms with Gasteiger partial charge in [0.1, 0.15) is 17.8 Å².